The van der Waals surface area contributed by atoms with Crippen molar-refractivity contribution in [2.45, 2.75) is 32.6 Å². The minimum Gasteiger partial charge on any atom is -0.338 e. The van der Waals surface area contributed by atoms with Gasteiger partial charge in [0.1, 0.15) is 0 Å². The maximum atomic E-state index is 12.2. The van der Waals surface area contributed by atoms with Crippen LogP contribution in [0.15, 0.2) is 28.8 Å². The Kier molecular flexibility index (Phi) is 3.07. The van der Waals surface area contributed by atoms with Crippen LogP contribution in [-0.2, 0) is 12.8 Å². The molecule has 1 aromatic carbocycles. The summed E-state index contributed by atoms with van der Waals surface area (Å²) in [6, 6.07) is 7.51. The van der Waals surface area contributed by atoms with Crippen LogP contribution in [0.5, 0.6) is 0 Å². The number of nitrogens with zero attached hydrogens (tertiary/aromatic N) is 1. The van der Waals surface area contributed by atoms with E-state index in [9.17, 15) is 4.79 Å². The molecule has 0 spiro atoms. The van der Waals surface area contributed by atoms with Gasteiger partial charge in [-0.1, -0.05) is 23.4 Å². The van der Waals surface area contributed by atoms with Gasteiger partial charge < -0.3 is 4.52 Å². The largest absolute Gasteiger partial charge is 0.338 e. The molecule has 1 aliphatic carbocycles. The lowest BCUT2D eigenvalue weighted by Crippen LogP contribution is -2.14. The Labute approximate surface area is 111 Å². The van der Waals surface area contributed by atoms with Gasteiger partial charge in [-0.2, -0.15) is 0 Å². The van der Waals surface area contributed by atoms with Gasteiger partial charge in [-0.25, -0.2) is 0 Å². The Balaban J connectivity index is 1.84. The molecule has 0 saturated heterocycles. The summed E-state index contributed by atoms with van der Waals surface area (Å²) in [4.78, 5) is 12.2. The van der Waals surface area contributed by atoms with Gasteiger partial charge in [0.05, 0.1) is 5.69 Å². The van der Waals surface area contributed by atoms with E-state index in [4.69, 9.17) is 4.52 Å². The molecule has 0 bridgehead atoms. The molecule has 0 aliphatic heterocycles. The summed E-state index contributed by atoms with van der Waals surface area (Å²) < 4.78 is 5.27. The van der Waals surface area contributed by atoms with E-state index in [1.165, 1.54) is 0 Å². The Morgan fingerprint density at radius 1 is 1.26 bits per heavy atom. The summed E-state index contributed by atoms with van der Waals surface area (Å²) in [5.74, 6) is 0.380. The van der Waals surface area contributed by atoms with Crippen molar-refractivity contribution in [3.63, 3.8) is 0 Å². The zero-order valence-electron chi connectivity index (χ0n) is 10.9. The normalized spacial score (nSPS) is 13.9. The van der Waals surface area contributed by atoms with Crippen molar-refractivity contribution in [1.82, 2.24) is 5.16 Å². The lowest BCUT2D eigenvalue weighted by Gasteiger charge is -2.10. The number of aromatic nitrogens is 1. The fraction of sp³-hybridized carbons (Fsp3) is 0.333. The highest BCUT2D eigenvalue weighted by atomic mass is 16.5. The molecular weight excluding hydrogens is 240 g/mol. The van der Waals surface area contributed by atoms with Gasteiger partial charge in [0.15, 0.2) is 0 Å². The number of amides is 1. The molecule has 1 amide bonds. The van der Waals surface area contributed by atoms with Crippen LogP contribution in [0.2, 0.25) is 0 Å². The van der Waals surface area contributed by atoms with E-state index >= 15 is 0 Å². The summed E-state index contributed by atoms with van der Waals surface area (Å²) in [7, 11) is 0. The number of rotatable bonds is 2. The number of nitrogens with one attached hydrogen (secondary N) is 1. The van der Waals surface area contributed by atoms with Crippen molar-refractivity contribution in [1.29, 1.82) is 0 Å². The van der Waals surface area contributed by atoms with Crippen molar-refractivity contribution >= 4 is 11.8 Å². The van der Waals surface area contributed by atoms with E-state index in [2.05, 4.69) is 10.5 Å². The van der Waals surface area contributed by atoms with Crippen LogP contribution >= 0.6 is 0 Å². The second kappa shape index (κ2) is 4.88. The Hall–Kier alpha value is -2.10. The van der Waals surface area contributed by atoms with Gasteiger partial charge in [-0.05, 0) is 44.2 Å². The predicted molar refractivity (Wildman–Crippen MR) is 72.3 cm³/mol. The quantitative estimate of drug-likeness (QED) is 0.898. The van der Waals surface area contributed by atoms with Crippen LogP contribution in [0, 0.1) is 6.92 Å². The van der Waals surface area contributed by atoms with E-state index in [0.29, 0.717) is 11.4 Å². The van der Waals surface area contributed by atoms with E-state index in [0.717, 1.165) is 42.5 Å². The number of hydrogen-bond acceptors (Lipinski definition) is 3. The molecule has 1 aromatic heterocycles. The lowest BCUT2D eigenvalue weighted by atomic mass is 9.97. The molecule has 4 heteroatoms. The minimum absolute atomic E-state index is 0.136. The summed E-state index contributed by atoms with van der Waals surface area (Å²) in [6.07, 6.45) is 4.15. The first-order valence-electron chi connectivity index (χ1n) is 6.60. The highest BCUT2D eigenvalue weighted by Gasteiger charge is 2.21. The van der Waals surface area contributed by atoms with Crippen LogP contribution in [0.1, 0.15) is 40.0 Å². The standard InChI is InChI=1S/C15H16N2O2/c1-10-6-2-3-7-11(10)14(18)16-15-12-8-4-5-9-13(12)17-19-15/h2-3,6-7H,4-5,8-9H2,1H3,(H,16,18). The zero-order chi connectivity index (χ0) is 13.2. The van der Waals surface area contributed by atoms with Crippen molar-refractivity contribution < 1.29 is 9.32 Å². The van der Waals surface area contributed by atoms with Crippen LogP contribution in [0.3, 0.4) is 0 Å². The smallest absolute Gasteiger partial charge is 0.258 e. The fourth-order valence-electron chi connectivity index (χ4n) is 2.49. The van der Waals surface area contributed by atoms with Crippen molar-refractivity contribution in [3.8, 4) is 0 Å². The van der Waals surface area contributed by atoms with Crippen molar-refractivity contribution in [3.05, 3.63) is 46.6 Å². The van der Waals surface area contributed by atoms with E-state index < -0.39 is 0 Å². The first-order valence-corrected chi connectivity index (χ1v) is 6.60. The van der Waals surface area contributed by atoms with Crippen LogP contribution in [-0.4, -0.2) is 11.1 Å². The molecule has 1 aliphatic rings. The number of fused-ring (bicyclic) bond motifs is 1. The minimum atomic E-state index is -0.136. The molecule has 4 nitrogen and oxygen atoms in total. The topological polar surface area (TPSA) is 55.1 Å². The molecule has 0 atom stereocenters. The van der Waals surface area contributed by atoms with Gasteiger partial charge in [-0.3, -0.25) is 10.1 Å². The molecule has 0 unspecified atom stereocenters. The number of carbonyl (C=O) groups is 1. The van der Waals surface area contributed by atoms with E-state index in [1.807, 2.05) is 31.2 Å². The van der Waals surface area contributed by atoms with E-state index in [1.54, 1.807) is 0 Å². The molecule has 1 heterocycles. The summed E-state index contributed by atoms with van der Waals surface area (Å²) in [6.45, 7) is 1.92. The molecule has 0 fully saturated rings. The molecule has 2 aromatic rings. The van der Waals surface area contributed by atoms with Gasteiger partial charge >= 0.3 is 0 Å². The molecular formula is C15H16N2O2. The predicted octanol–water partition coefficient (Wildman–Crippen LogP) is 3.11. The maximum Gasteiger partial charge on any atom is 0.258 e. The van der Waals surface area contributed by atoms with Crippen LogP contribution in [0.25, 0.3) is 0 Å². The first kappa shape index (κ1) is 12.0. The van der Waals surface area contributed by atoms with E-state index in [-0.39, 0.29) is 5.91 Å². The average Bonchev–Trinajstić information content (AvgIpc) is 2.83. The van der Waals surface area contributed by atoms with Crippen molar-refractivity contribution in [2.75, 3.05) is 5.32 Å². The molecule has 1 N–H and O–H groups in total. The number of anilines is 1. The average molecular weight is 256 g/mol. The lowest BCUT2D eigenvalue weighted by molar-refractivity contribution is 0.102. The first-order chi connectivity index (χ1) is 9.25. The van der Waals surface area contributed by atoms with Crippen LogP contribution in [0.4, 0.5) is 5.88 Å². The third-order valence-corrected chi connectivity index (χ3v) is 3.58. The van der Waals surface area contributed by atoms with Crippen LogP contribution < -0.4 is 5.32 Å². The highest BCUT2D eigenvalue weighted by molar-refractivity contribution is 6.04. The van der Waals surface area contributed by atoms with Gasteiger partial charge in [0.25, 0.3) is 5.91 Å². The number of carbonyl (C=O) groups excluding carboxylic acids is 1. The molecule has 98 valence electrons. The number of benzene rings is 1. The SMILES string of the molecule is Cc1ccccc1C(=O)Nc1onc2c1CCCC2. The Morgan fingerprint density at radius 2 is 2.05 bits per heavy atom. The monoisotopic (exact) mass is 256 g/mol. The molecule has 0 saturated carbocycles. The van der Waals surface area contributed by atoms with Gasteiger partial charge in [0.2, 0.25) is 5.88 Å². The molecule has 3 rings (SSSR count). The number of aryl methyl sites for hydroxylation is 2. The fourth-order valence-corrected chi connectivity index (χ4v) is 2.49. The summed E-state index contributed by atoms with van der Waals surface area (Å²) in [5, 5.41) is 6.88. The highest BCUT2D eigenvalue weighted by Crippen LogP contribution is 2.27. The number of hydrogen-bond donors (Lipinski definition) is 1. The Bertz CT molecular complexity index is 616. The zero-order valence-corrected chi connectivity index (χ0v) is 10.9. The second-order valence-electron chi connectivity index (χ2n) is 4.91. The molecule has 19 heavy (non-hydrogen) atoms. The third kappa shape index (κ3) is 2.26. The van der Waals surface area contributed by atoms with Crippen molar-refractivity contribution in [2.24, 2.45) is 0 Å². The van der Waals surface area contributed by atoms with Gasteiger partial charge in [-0.15, -0.1) is 0 Å². The Morgan fingerprint density at radius 3 is 2.89 bits per heavy atom. The molecule has 0 radical (unpaired) electrons. The second-order valence-corrected chi connectivity index (χ2v) is 4.91. The summed E-state index contributed by atoms with van der Waals surface area (Å²) >= 11 is 0. The maximum absolute atomic E-state index is 12.2. The third-order valence-electron chi connectivity index (χ3n) is 3.58. The van der Waals surface area contributed by atoms with Gasteiger partial charge in [0, 0.05) is 11.1 Å². The summed E-state index contributed by atoms with van der Waals surface area (Å²) in [5.41, 5.74) is 3.68.